The monoisotopic (exact) mass is 304 g/mol. The van der Waals surface area contributed by atoms with Crippen LogP contribution in [0.25, 0.3) is 10.1 Å². The van der Waals surface area contributed by atoms with Crippen molar-refractivity contribution in [2.24, 2.45) is 0 Å². The first-order valence-electron chi connectivity index (χ1n) is 6.54. The lowest BCUT2D eigenvalue weighted by Crippen LogP contribution is -2.23. The number of hydrogen-bond acceptors (Lipinski definition) is 4. The van der Waals surface area contributed by atoms with Gasteiger partial charge >= 0.3 is 0 Å². The molecule has 0 spiro atoms. The van der Waals surface area contributed by atoms with Gasteiger partial charge in [-0.2, -0.15) is 5.10 Å². The second-order valence-electron chi connectivity index (χ2n) is 4.55. The van der Waals surface area contributed by atoms with Crippen LogP contribution in [0.15, 0.2) is 30.6 Å². The van der Waals surface area contributed by atoms with E-state index < -0.39 is 0 Å². The van der Waals surface area contributed by atoms with E-state index in [9.17, 15) is 9.18 Å². The van der Waals surface area contributed by atoms with E-state index in [1.165, 1.54) is 23.7 Å². The van der Waals surface area contributed by atoms with Crippen LogP contribution in [0.5, 0.6) is 0 Å². The normalized spacial score (nSPS) is 10.9. The summed E-state index contributed by atoms with van der Waals surface area (Å²) >= 11 is 1.29. The number of carbonyl (C=O) groups excluding carboxylic acids is 1. The molecule has 3 aromatic rings. The number of nitrogens with one attached hydrogen (secondary N) is 2. The molecule has 0 aliphatic heterocycles. The van der Waals surface area contributed by atoms with Crippen LogP contribution in [-0.4, -0.2) is 27.6 Å². The quantitative estimate of drug-likeness (QED) is 0.712. The number of benzene rings is 1. The van der Waals surface area contributed by atoms with Crippen LogP contribution in [0.2, 0.25) is 0 Å². The van der Waals surface area contributed by atoms with E-state index in [1.807, 2.05) is 6.07 Å². The molecule has 1 amide bonds. The lowest BCUT2D eigenvalue weighted by molar-refractivity contribution is 0.0957. The van der Waals surface area contributed by atoms with Crippen molar-refractivity contribution < 1.29 is 9.18 Å². The van der Waals surface area contributed by atoms with E-state index in [1.54, 1.807) is 12.1 Å². The molecule has 2 aromatic heterocycles. The molecule has 0 unspecified atom stereocenters. The molecule has 0 bridgehead atoms. The number of rotatable bonds is 5. The Balaban J connectivity index is 1.58. The number of fused-ring (bicyclic) bond motifs is 1. The van der Waals surface area contributed by atoms with Gasteiger partial charge in [0.25, 0.3) is 5.91 Å². The lowest BCUT2D eigenvalue weighted by atomic mass is 10.2. The molecule has 5 nitrogen and oxygen atoms in total. The van der Waals surface area contributed by atoms with E-state index in [2.05, 4.69) is 20.5 Å². The molecule has 7 heteroatoms. The zero-order valence-corrected chi connectivity index (χ0v) is 11.9. The minimum Gasteiger partial charge on any atom is -0.351 e. The van der Waals surface area contributed by atoms with Gasteiger partial charge in [-0.25, -0.2) is 9.37 Å². The molecule has 0 aliphatic rings. The summed E-state index contributed by atoms with van der Waals surface area (Å²) in [4.78, 5) is 16.6. The highest BCUT2D eigenvalue weighted by atomic mass is 32.1. The smallest absolute Gasteiger partial charge is 0.261 e. The summed E-state index contributed by atoms with van der Waals surface area (Å²) < 4.78 is 14.4. The number of thiophene rings is 1. The average Bonchev–Trinajstić information content (AvgIpc) is 3.13. The van der Waals surface area contributed by atoms with Crippen LogP contribution in [0, 0.1) is 5.82 Å². The second-order valence-corrected chi connectivity index (χ2v) is 5.64. The Kier molecular flexibility index (Phi) is 3.92. The number of nitrogens with zero attached hydrogens (tertiary/aromatic N) is 2. The molecule has 3 rings (SSSR count). The third kappa shape index (κ3) is 3.08. The minimum atomic E-state index is -0.298. The largest absolute Gasteiger partial charge is 0.351 e. The predicted octanol–water partition coefficient (Wildman–Crippen LogP) is 2.52. The number of amides is 1. The Morgan fingerprint density at radius 3 is 3.10 bits per heavy atom. The Labute approximate surface area is 124 Å². The van der Waals surface area contributed by atoms with Crippen LogP contribution >= 0.6 is 11.3 Å². The van der Waals surface area contributed by atoms with Crippen molar-refractivity contribution in [1.82, 2.24) is 20.5 Å². The van der Waals surface area contributed by atoms with Crippen LogP contribution in [0.4, 0.5) is 4.39 Å². The van der Waals surface area contributed by atoms with Gasteiger partial charge in [-0.05, 0) is 24.6 Å². The van der Waals surface area contributed by atoms with Crippen LogP contribution in [-0.2, 0) is 6.42 Å². The fraction of sp³-hybridized carbons (Fsp3) is 0.214. The Morgan fingerprint density at radius 1 is 1.43 bits per heavy atom. The number of carbonyl (C=O) groups is 1. The number of hydrogen-bond donors (Lipinski definition) is 2. The maximum atomic E-state index is 13.6. The molecule has 0 fully saturated rings. The highest BCUT2D eigenvalue weighted by Gasteiger charge is 2.11. The van der Waals surface area contributed by atoms with Crippen LogP contribution in [0.3, 0.4) is 0 Å². The Morgan fingerprint density at radius 2 is 2.33 bits per heavy atom. The Bertz CT molecular complexity index is 754. The molecule has 2 N–H and O–H groups in total. The van der Waals surface area contributed by atoms with E-state index in [0.29, 0.717) is 16.8 Å². The molecule has 0 saturated heterocycles. The summed E-state index contributed by atoms with van der Waals surface area (Å²) in [6, 6.07) is 6.45. The number of aromatic amines is 1. The van der Waals surface area contributed by atoms with Gasteiger partial charge in [-0.15, -0.1) is 11.3 Å². The van der Waals surface area contributed by atoms with Gasteiger partial charge in [-0.3, -0.25) is 9.89 Å². The molecule has 1 aromatic carbocycles. The van der Waals surface area contributed by atoms with Gasteiger partial charge in [0.05, 0.1) is 4.88 Å². The summed E-state index contributed by atoms with van der Waals surface area (Å²) in [7, 11) is 0. The van der Waals surface area contributed by atoms with E-state index >= 15 is 0 Å². The number of halogens is 1. The zero-order valence-electron chi connectivity index (χ0n) is 11.1. The molecular weight excluding hydrogens is 291 g/mol. The van der Waals surface area contributed by atoms with Gasteiger partial charge in [-0.1, -0.05) is 6.07 Å². The number of H-pyrrole nitrogens is 1. The lowest BCUT2D eigenvalue weighted by Gasteiger charge is -2.01. The predicted molar refractivity (Wildman–Crippen MR) is 78.8 cm³/mol. The van der Waals surface area contributed by atoms with Crippen molar-refractivity contribution >= 4 is 27.3 Å². The molecule has 108 valence electrons. The highest BCUT2D eigenvalue weighted by molar-refractivity contribution is 7.20. The van der Waals surface area contributed by atoms with Gasteiger partial charge < -0.3 is 5.32 Å². The van der Waals surface area contributed by atoms with Gasteiger partial charge in [0.1, 0.15) is 18.0 Å². The van der Waals surface area contributed by atoms with Crippen molar-refractivity contribution in [2.45, 2.75) is 12.8 Å². The highest BCUT2D eigenvalue weighted by Crippen LogP contribution is 2.27. The molecule has 0 aliphatic carbocycles. The van der Waals surface area contributed by atoms with Gasteiger partial charge in [0.2, 0.25) is 0 Å². The molecule has 2 heterocycles. The third-order valence-corrected chi connectivity index (χ3v) is 4.17. The van der Waals surface area contributed by atoms with Crippen LogP contribution < -0.4 is 5.32 Å². The van der Waals surface area contributed by atoms with Gasteiger partial charge in [0, 0.05) is 23.1 Å². The molecule has 21 heavy (non-hydrogen) atoms. The second kappa shape index (κ2) is 6.01. The maximum Gasteiger partial charge on any atom is 0.261 e. The van der Waals surface area contributed by atoms with E-state index in [-0.39, 0.29) is 11.7 Å². The van der Waals surface area contributed by atoms with Crippen molar-refractivity contribution in [2.75, 3.05) is 6.54 Å². The van der Waals surface area contributed by atoms with E-state index in [4.69, 9.17) is 0 Å². The maximum absolute atomic E-state index is 13.6. The summed E-state index contributed by atoms with van der Waals surface area (Å²) in [6.45, 7) is 0.538. The molecular formula is C14H13FN4OS. The SMILES string of the molecule is O=C(NCCCc1ncn[nH]1)c1cc2c(F)cccc2s1. The summed E-state index contributed by atoms with van der Waals surface area (Å²) in [5.74, 6) is 0.328. The fourth-order valence-electron chi connectivity index (χ4n) is 2.03. The van der Waals surface area contributed by atoms with E-state index in [0.717, 1.165) is 23.4 Å². The van der Waals surface area contributed by atoms with Crippen molar-refractivity contribution in [1.29, 1.82) is 0 Å². The number of aryl methyl sites for hydroxylation is 1. The van der Waals surface area contributed by atoms with Crippen molar-refractivity contribution in [3.05, 3.63) is 47.1 Å². The molecule has 0 radical (unpaired) electrons. The van der Waals surface area contributed by atoms with Crippen LogP contribution in [0.1, 0.15) is 21.9 Å². The zero-order chi connectivity index (χ0) is 14.7. The topological polar surface area (TPSA) is 70.7 Å². The third-order valence-electron chi connectivity index (χ3n) is 3.07. The summed E-state index contributed by atoms with van der Waals surface area (Å²) in [6.07, 6.45) is 2.95. The number of aromatic nitrogens is 3. The fourth-order valence-corrected chi connectivity index (χ4v) is 3.02. The first kappa shape index (κ1) is 13.7. The molecule has 0 saturated carbocycles. The average molecular weight is 304 g/mol. The van der Waals surface area contributed by atoms with Crippen molar-refractivity contribution in [3.63, 3.8) is 0 Å². The summed E-state index contributed by atoms with van der Waals surface area (Å²) in [5.41, 5.74) is 0. The standard InChI is InChI=1S/C14H13FN4OS/c15-10-3-1-4-11-9(10)7-12(21-11)14(20)16-6-2-5-13-17-8-18-19-13/h1,3-4,7-8H,2,5-6H2,(H,16,20)(H,17,18,19). The van der Waals surface area contributed by atoms with Gasteiger partial charge in [0.15, 0.2) is 0 Å². The first-order valence-corrected chi connectivity index (χ1v) is 7.36. The minimum absolute atomic E-state index is 0.173. The summed E-state index contributed by atoms with van der Waals surface area (Å²) in [5, 5.41) is 9.85. The van der Waals surface area contributed by atoms with Crippen molar-refractivity contribution in [3.8, 4) is 0 Å². The Hall–Kier alpha value is -2.28. The molecule has 0 atom stereocenters. The first-order chi connectivity index (χ1) is 10.2.